The average Bonchev–Trinajstić information content (AvgIpc) is 2.37. The molecule has 0 bridgehead atoms. The Kier molecular flexibility index (Phi) is 4.23. The van der Waals surface area contributed by atoms with Gasteiger partial charge in [-0.1, -0.05) is 18.2 Å². The van der Waals surface area contributed by atoms with Crippen LogP contribution in [0.2, 0.25) is 0 Å². The van der Waals surface area contributed by atoms with Crippen molar-refractivity contribution in [3.8, 4) is 0 Å². The quantitative estimate of drug-likeness (QED) is 0.866. The molecule has 5 heteroatoms. The molecule has 1 aliphatic rings. The summed E-state index contributed by atoms with van der Waals surface area (Å²) in [6, 6.07) is 6.49. The molecular formula is C16H23FN2O2. The maximum Gasteiger partial charge on any atom is 0.410 e. The SMILES string of the molecule is CC(C)(C)OC(=O)N1CCCC(N)(c2ccccc2F)C1. The molecule has 1 heterocycles. The van der Waals surface area contributed by atoms with Crippen LogP contribution in [0.3, 0.4) is 0 Å². The van der Waals surface area contributed by atoms with Gasteiger partial charge in [-0.3, -0.25) is 0 Å². The standard InChI is InChI=1S/C16H23FN2O2/c1-15(2,3)21-14(20)19-10-6-9-16(18,11-19)12-7-4-5-8-13(12)17/h4-5,7-8H,6,9-11,18H2,1-3H3. The molecule has 0 saturated carbocycles. The second kappa shape index (κ2) is 5.64. The topological polar surface area (TPSA) is 55.6 Å². The minimum atomic E-state index is -0.861. The van der Waals surface area contributed by atoms with E-state index in [0.717, 1.165) is 6.42 Å². The average molecular weight is 294 g/mol. The van der Waals surface area contributed by atoms with E-state index in [1.54, 1.807) is 23.1 Å². The number of rotatable bonds is 1. The van der Waals surface area contributed by atoms with Crippen molar-refractivity contribution in [2.24, 2.45) is 5.73 Å². The third-order valence-corrected chi connectivity index (χ3v) is 3.59. The third kappa shape index (κ3) is 3.73. The third-order valence-electron chi connectivity index (χ3n) is 3.59. The first-order valence-corrected chi connectivity index (χ1v) is 7.23. The van der Waals surface area contributed by atoms with E-state index in [-0.39, 0.29) is 12.4 Å². The fourth-order valence-electron chi connectivity index (χ4n) is 2.65. The van der Waals surface area contributed by atoms with Crippen LogP contribution in [0.5, 0.6) is 0 Å². The Hall–Kier alpha value is -1.62. The number of ether oxygens (including phenoxy) is 1. The van der Waals surface area contributed by atoms with Gasteiger partial charge in [0, 0.05) is 18.7 Å². The van der Waals surface area contributed by atoms with Gasteiger partial charge in [-0.25, -0.2) is 9.18 Å². The van der Waals surface area contributed by atoms with Crippen molar-refractivity contribution in [1.29, 1.82) is 0 Å². The first kappa shape index (κ1) is 15.8. The van der Waals surface area contributed by atoms with E-state index in [4.69, 9.17) is 10.5 Å². The summed E-state index contributed by atoms with van der Waals surface area (Å²) in [5, 5.41) is 0. The molecule has 1 atom stereocenters. The summed E-state index contributed by atoms with van der Waals surface area (Å²) < 4.78 is 19.4. The van der Waals surface area contributed by atoms with Crippen LogP contribution < -0.4 is 5.73 Å². The van der Waals surface area contributed by atoms with Crippen molar-refractivity contribution in [2.45, 2.75) is 44.8 Å². The van der Waals surface area contributed by atoms with E-state index in [9.17, 15) is 9.18 Å². The summed E-state index contributed by atoms with van der Waals surface area (Å²) in [6.45, 7) is 6.31. The molecule has 0 radical (unpaired) electrons. The number of halogens is 1. The number of hydrogen-bond donors (Lipinski definition) is 1. The first-order valence-electron chi connectivity index (χ1n) is 7.23. The molecule has 2 N–H and O–H groups in total. The van der Waals surface area contributed by atoms with Gasteiger partial charge in [-0.2, -0.15) is 0 Å². The fourth-order valence-corrected chi connectivity index (χ4v) is 2.65. The van der Waals surface area contributed by atoms with E-state index in [2.05, 4.69) is 0 Å². The normalized spacial score (nSPS) is 23.0. The van der Waals surface area contributed by atoms with Crippen LogP contribution in [0.25, 0.3) is 0 Å². The van der Waals surface area contributed by atoms with E-state index in [1.165, 1.54) is 6.07 Å². The maximum absolute atomic E-state index is 14.0. The Bertz CT molecular complexity index is 527. The lowest BCUT2D eigenvalue weighted by Gasteiger charge is -2.41. The Labute approximate surface area is 125 Å². The zero-order valence-corrected chi connectivity index (χ0v) is 12.9. The smallest absolute Gasteiger partial charge is 0.410 e. The van der Waals surface area contributed by atoms with Gasteiger partial charge >= 0.3 is 6.09 Å². The van der Waals surface area contributed by atoms with Crippen molar-refractivity contribution in [3.63, 3.8) is 0 Å². The molecule has 1 saturated heterocycles. The van der Waals surface area contributed by atoms with Crippen LogP contribution in [-0.4, -0.2) is 29.7 Å². The van der Waals surface area contributed by atoms with Crippen molar-refractivity contribution in [3.05, 3.63) is 35.6 Å². The highest BCUT2D eigenvalue weighted by atomic mass is 19.1. The molecular weight excluding hydrogens is 271 g/mol. The Morgan fingerprint density at radius 1 is 1.38 bits per heavy atom. The number of nitrogens with zero attached hydrogens (tertiary/aromatic N) is 1. The minimum Gasteiger partial charge on any atom is -0.444 e. The molecule has 116 valence electrons. The first-order chi connectivity index (χ1) is 9.71. The second-order valence-electron chi connectivity index (χ2n) is 6.64. The lowest BCUT2D eigenvalue weighted by molar-refractivity contribution is 0.0135. The highest BCUT2D eigenvalue weighted by Gasteiger charge is 2.38. The highest BCUT2D eigenvalue weighted by molar-refractivity contribution is 5.68. The molecule has 2 rings (SSSR count). The summed E-state index contributed by atoms with van der Waals surface area (Å²) in [5.74, 6) is -0.328. The summed E-state index contributed by atoms with van der Waals surface area (Å²) in [4.78, 5) is 13.7. The monoisotopic (exact) mass is 294 g/mol. The van der Waals surface area contributed by atoms with Gasteiger partial charge in [0.1, 0.15) is 11.4 Å². The fraction of sp³-hybridized carbons (Fsp3) is 0.562. The van der Waals surface area contributed by atoms with Gasteiger partial charge in [0.05, 0.1) is 5.54 Å². The van der Waals surface area contributed by atoms with Gasteiger partial charge in [0.2, 0.25) is 0 Å². The van der Waals surface area contributed by atoms with Crippen LogP contribution in [-0.2, 0) is 10.3 Å². The van der Waals surface area contributed by atoms with Crippen molar-refractivity contribution >= 4 is 6.09 Å². The molecule has 1 aromatic rings. The molecule has 1 amide bonds. The van der Waals surface area contributed by atoms with Crippen molar-refractivity contribution in [2.75, 3.05) is 13.1 Å². The molecule has 1 unspecified atom stereocenters. The molecule has 1 aromatic carbocycles. The van der Waals surface area contributed by atoms with Gasteiger partial charge in [-0.05, 0) is 39.7 Å². The molecule has 1 fully saturated rings. The predicted molar refractivity (Wildman–Crippen MR) is 79.3 cm³/mol. The number of likely N-dealkylation sites (tertiary alicyclic amines) is 1. The zero-order chi connectivity index (χ0) is 15.7. The van der Waals surface area contributed by atoms with E-state index in [0.29, 0.717) is 18.5 Å². The van der Waals surface area contributed by atoms with Crippen LogP contribution in [0.15, 0.2) is 24.3 Å². The predicted octanol–water partition coefficient (Wildman–Crippen LogP) is 3.01. The lowest BCUT2D eigenvalue weighted by atomic mass is 9.83. The van der Waals surface area contributed by atoms with Gasteiger partial charge in [-0.15, -0.1) is 0 Å². The molecule has 0 aliphatic carbocycles. The summed E-state index contributed by atoms with van der Waals surface area (Å²) >= 11 is 0. The van der Waals surface area contributed by atoms with Crippen LogP contribution in [0, 0.1) is 5.82 Å². The molecule has 1 aliphatic heterocycles. The number of nitrogens with two attached hydrogens (primary N) is 1. The largest absolute Gasteiger partial charge is 0.444 e. The maximum atomic E-state index is 14.0. The lowest BCUT2D eigenvalue weighted by Crippen LogP contribution is -2.54. The number of piperidine rings is 1. The molecule has 4 nitrogen and oxygen atoms in total. The number of hydrogen-bond acceptors (Lipinski definition) is 3. The summed E-state index contributed by atoms with van der Waals surface area (Å²) in [6.07, 6.45) is 0.977. The minimum absolute atomic E-state index is 0.267. The number of carbonyl (C=O) groups excluding carboxylic acids is 1. The molecule has 21 heavy (non-hydrogen) atoms. The Morgan fingerprint density at radius 2 is 2.05 bits per heavy atom. The second-order valence-corrected chi connectivity index (χ2v) is 6.64. The Morgan fingerprint density at radius 3 is 2.67 bits per heavy atom. The molecule has 0 aromatic heterocycles. The summed E-state index contributed by atoms with van der Waals surface area (Å²) in [7, 11) is 0. The van der Waals surface area contributed by atoms with Gasteiger partial charge < -0.3 is 15.4 Å². The van der Waals surface area contributed by atoms with Gasteiger partial charge in [0.25, 0.3) is 0 Å². The van der Waals surface area contributed by atoms with Crippen molar-refractivity contribution < 1.29 is 13.9 Å². The van der Waals surface area contributed by atoms with E-state index >= 15 is 0 Å². The zero-order valence-electron chi connectivity index (χ0n) is 12.9. The van der Waals surface area contributed by atoms with Crippen LogP contribution in [0.4, 0.5) is 9.18 Å². The summed E-state index contributed by atoms with van der Waals surface area (Å²) in [5.41, 5.74) is 5.43. The Balaban J connectivity index is 2.17. The highest BCUT2D eigenvalue weighted by Crippen LogP contribution is 2.31. The van der Waals surface area contributed by atoms with Crippen LogP contribution in [0.1, 0.15) is 39.2 Å². The van der Waals surface area contributed by atoms with E-state index < -0.39 is 17.2 Å². The van der Waals surface area contributed by atoms with Crippen molar-refractivity contribution in [1.82, 2.24) is 4.90 Å². The van der Waals surface area contributed by atoms with E-state index in [1.807, 2.05) is 20.8 Å². The number of benzene rings is 1. The number of amides is 1. The number of carbonyl (C=O) groups is 1. The van der Waals surface area contributed by atoms with Gasteiger partial charge in [0.15, 0.2) is 0 Å². The molecule has 0 spiro atoms. The van der Waals surface area contributed by atoms with Crippen LogP contribution >= 0.6 is 0 Å².